The normalized spacial score (nSPS) is 10.4. The summed E-state index contributed by atoms with van der Waals surface area (Å²) < 4.78 is 15.7. The van der Waals surface area contributed by atoms with E-state index >= 15 is 0 Å². The van der Waals surface area contributed by atoms with Crippen molar-refractivity contribution >= 4 is 18.0 Å². The third kappa shape index (κ3) is 5.23. The first-order valence-corrected chi connectivity index (χ1v) is 8.46. The van der Waals surface area contributed by atoms with E-state index in [2.05, 4.69) is 15.8 Å². The van der Waals surface area contributed by atoms with E-state index in [-0.39, 0.29) is 12.5 Å². The molecular formula is C20H23N3O5. The number of methoxy groups -OCH3 is 3. The molecule has 0 aromatic heterocycles. The fraction of sp³-hybridized carbons (Fsp3) is 0.250. The second-order valence-corrected chi connectivity index (χ2v) is 5.74. The van der Waals surface area contributed by atoms with Gasteiger partial charge in [0.2, 0.25) is 0 Å². The monoisotopic (exact) mass is 385 g/mol. The molecule has 2 N–H and O–H groups in total. The highest BCUT2D eigenvalue weighted by atomic mass is 16.5. The van der Waals surface area contributed by atoms with Crippen molar-refractivity contribution in [2.75, 3.05) is 27.9 Å². The Morgan fingerprint density at radius 3 is 2.29 bits per heavy atom. The van der Waals surface area contributed by atoms with Gasteiger partial charge in [0.25, 0.3) is 11.8 Å². The summed E-state index contributed by atoms with van der Waals surface area (Å²) in [6.45, 7) is 1.63. The van der Waals surface area contributed by atoms with Crippen LogP contribution in [0.15, 0.2) is 41.5 Å². The number of nitrogens with zero attached hydrogens (tertiary/aromatic N) is 1. The Morgan fingerprint density at radius 2 is 1.64 bits per heavy atom. The average Bonchev–Trinajstić information content (AvgIpc) is 2.71. The van der Waals surface area contributed by atoms with Crippen molar-refractivity contribution in [3.05, 3.63) is 53.1 Å². The van der Waals surface area contributed by atoms with Gasteiger partial charge in [-0.25, -0.2) is 5.43 Å². The zero-order valence-electron chi connectivity index (χ0n) is 16.2. The van der Waals surface area contributed by atoms with Gasteiger partial charge in [-0.2, -0.15) is 5.10 Å². The van der Waals surface area contributed by atoms with Gasteiger partial charge in [-0.05, 0) is 24.6 Å². The Morgan fingerprint density at radius 1 is 1.00 bits per heavy atom. The van der Waals surface area contributed by atoms with Crippen LogP contribution >= 0.6 is 0 Å². The van der Waals surface area contributed by atoms with Crippen LogP contribution in [0.2, 0.25) is 0 Å². The number of amides is 2. The molecule has 28 heavy (non-hydrogen) atoms. The van der Waals surface area contributed by atoms with Gasteiger partial charge in [0, 0.05) is 17.2 Å². The van der Waals surface area contributed by atoms with E-state index < -0.39 is 5.91 Å². The summed E-state index contributed by atoms with van der Waals surface area (Å²) in [6, 6.07) is 10.5. The fourth-order valence-corrected chi connectivity index (χ4v) is 2.45. The first kappa shape index (κ1) is 20.8. The van der Waals surface area contributed by atoms with Crippen LogP contribution in [0.1, 0.15) is 21.5 Å². The Labute approximate surface area is 163 Å². The number of hydrogen-bond donors (Lipinski definition) is 2. The average molecular weight is 385 g/mol. The Balaban J connectivity index is 1.96. The Kier molecular flexibility index (Phi) is 7.38. The van der Waals surface area contributed by atoms with E-state index in [9.17, 15) is 9.59 Å². The van der Waals surface area contributed by atoms with Crippen molar-refractivity contribution in [1.29, 1.82) is 0 Å². The van der Waals surface area contributed by atoms with Gasteiger partial charge < -0.3 is 19.5 Å². The lowest BCUT2D eigenvalue weighted by atomic mass is 10.1. The lowest BCUT2D eigenvalue weighted by molar-refractivity contribution is -0.120. The third-order valence-electron chi connectivity index (χ3n) is 3.93. The molecule has 2 amide bonds. The standard InChI is InChI=1S/C20H23N3O5/c1-13-7-5-6-8-15(13)20(25)21-12-19(24)23-22-11-14-9-17(27-3)18(28-4)10-16(14)26-2/h5-11H,12H2,1-4H3,(H,21,25)(H,23,24)/b22-11+. The lowest BCUT2D eigenvalue weighted by Gasteiger charge is -2.11. The van der Waals surface area contributed by atoms with E-state index in [4.69, 9.17) is 14.2 Å². The summed E-state index contributed by atoms with van der Waals surface area (Å²) in [5, 5.41) is 6.46. The number of hydrazone groups is 1. The maximum atomic E-state index is 12.1. The van der Waals surface area contributed by atoms with Crippen molar-refractivity contribution in [3.63, 3.8) is 0 Å². The van der Waals surface area contributed by atoms with Crippen LogP contribution in [-0.4, -0.2) is 45.9 Å². The van der Waals surface area contributed by atoms with Gasteiger partial charge in [0.15, 0.2) is 11.5 Å². The minimum absolute atomic E-state index is 0.201. The van der Waals surface area contributed by atoms with Gasteiger partial charge in [-0.1, -0.05) is 18.2 Å². The molecule has 8 nitrogen and oxygen atoms in total. The van der Waals surface area contributed by atoms with Crippen molar-refractivity contribution in [3.8, 4) is 17.2 Å². The zero-order valence-corrected chi connectivity index (χ0v) is 16.2. The van der Waals surface area contributed by atoms with Crippen LogP contribution in [0, 0.1) is 6.92 Å². The predicted molar refractivity (Wildman–Crippen MR) is 105 cm³/mol. The molecule has 0 fully saturated rings. The number of hydrogen-bond acceptors (Lipinski definition) is 6. The molecule has 0 bridgehead atoms. The molecule has 2 aromatic rings. The highest BCUT2D eigenvalue weighted by molar-refractivity contribution is 5.97. The maximum absolute atomic E-state index is 12.1. The SMILES string of the molecule is COc1cc(OC)c(OC)cc1/C=N/NC(=O)CNC(=O)c1ccccc1C. The van der Waals surface area contributed by atoms with E-state index in [1.54, 1.807) is 24.3 Å². The molecular weight excluding hydrogens is 362 g/mol. The summed E-state index contributed by atoms with van der Waals surface area (Å²) in [6.07, 6.45) is 1.42. The molecule has 2 rings (SSSR count). The summed E-state index contributed by atoms with van der Waals surface area (Å²) in [7, 11) is 4.55. The van der Waals surface area contributed by atoms with E-state index in [1.165, 1.54) is 27.5 Å². The zero-order chi connectivity index (χ0) is 20.5. The van der Waals surface area contributed by atoms with Crippen molar-refractivity contribution in [1.82, 2.24) is 10.7 Å². The largest absolute Gasteiger partial charge is 0.496 e. The van der Waals surface area contributed by atoms with Crippen LogP contribution in [0.5, 0.6) is 17.2 Å². The number of nitrogens with one attached hydrogen (secondary N) is 2. The van der Waals surface area contributed by atoms with Gasteiger partial charge in [0.05, 0.1) is 34.1 Å². The van der Waals surface area contributed by atoms with Crippen molar-refractivity contribution in [2.45, 2.75) is 6.92 Å². The number of aryl methyl sites for hydroxylation is 1. The highest BCUT2D eigenvalue weighted by Gasteiger charge is 2.11. The minimum Gasteiger partial charge on any atom is -0.496 e. The molecule has 0 atom stereocenters. The maximum Gasteiger partial charge on any atom is 0.259 e. The molecule has 2 aromatic carbocycles. The second kappa shape index (κ2) is 9.96. The van der Waals surface area contributed by atoms with Gasteiger partial charge in [0.1, 0.15) is 5.75 Å². The summed E-state index contributed by atoms with van der Waals surface area (Å²) in [5.74, 6) is 0.737. The summed E-state index contributed by atoms with van der Waals surface area (Å²) in [5.41, 5.74) is 4.30. The smallest absolute Gasteiger partial charge is 0.259 e. The number of benzene rings is 2. The van der Waals surface area contributed by atoms with E-state index in [1.807, 2.05) is 19.1 Å². The number of carbonyl (C=O) groups is 2. The highest BCUT2D eigenvalue weighted by Crippen LogP contribution is 2.33. The molecule has 0 unspecified atom stereocenters. The van der Waals surface area contributed by atoms with Crippen LogP contribution in [0.25, 0.3) is 0 Å². The molecule has 0 saturated carbocycles. The lowest BCUT2D eigenvalue weighted by Crippen LogP contribution is -2.35. The van der Waals surface area contributed by atoms with Crippen molar-refractivity contribution in [2.24, 2.45) is 5.10 Å². The molecule has 0 aliphatic heterocycles. The van der Waals surface area contributed by atoms with Gasteiger partial charge >= 0.3 is 0 Å². The molecule has 8 heteroatoms. The molecule has 0 heterocycles. The number of carbonyl (C=O) groups excluding carboxylic acids is 2. The minimum atomic E-state index is -0.461. The second-order valence-electron chi connectivity index (χ2n) is 5.74. The van der Waals surface area contributed by atoms with Crippen LogP contribution in [0.3, 0.4) is 0 Å². The Bertz CT molecular complexity index is 880. The Hall–Kier alpha value is -3.55. The first-order valence-electron chi connectivity index (χ1n) is 8.46. The third-order valence-corrected chi connectivity index (χ3v) is 3.93. The van der Waals surface area contributed by atoms with Crippen molar-refractivity contribution < 1.29 is 23.8 Å². The first-order chi connectivity index (χ1) is 13.5. The van der Waals surface area contributed by atoms with Crippen LogP contribution < -0.4 is 25.0 Å². The molecule has 0 saturated heterocycles. The van der Waals surface area contributed by atoms with Gasteiger partial charge in [-0.15, -0.1) is 0 Å². The van der Waals surface area contributed by atoms with E-state index in [0.29, 0.717) is 28.4 Å². The van der Waals surface area contributed by atoms with Crippen LogP contribution in [0.4, 0.5) is 0 Å². The number of ether oxygens (including phenoxy) is 3. The van der Waals surface area contributed by atoms with Gasteiger partial charge in [-0.3, -0.25) is 9.59 Å². The van der Waals surface area contributed by atoms with Crippen LogP contribution in [-0.2, 0) is 4.79 Å². The molecule has 0 spiro atoms. The molecule has 148 valence electrons. The molecule has 0 radical (unpaired) electrons. The number of rotatable bonds is 8. The summed E-state index contributed by atoms with van der Waals surface area (Å²) >= 11 is 0. The predicted octanol–water partition coefficient (Wildman–Crippen LogP) is 1.90. The topological polar surface area (TPSA) is 98.2 Å². The summed E-state index contributed by atoms with van der Waals surface area (Å²) in [4.78, 5) is 24.0. The van der Waals surface area contributed by atoms with E-state index in [0.717, 1.165) is 5.56 Å². The molecule has 0 aliphatic rings. The quantitative estimate of drug-likeness (QED) is 0.534. The fourth-order valence-electron chi connectivity index (χ4n) is 2.45. The molecule has 0 aliphatic carbocycles.